The Kier molecular flexibility index (Phi) is 5.82. The number of hydrogen-bond donors (Lipinski definition) is 1. The molecule has 0 aromatic heterocycles. The average Bonchev–Trinajstić information content (AvgIpc) is 2.45. The van der Waals surface area contributed by atoms with E-state index in [4.69, 9.17) is 9.47 Å². The third kappa shape index (κ3) is 4.62. The Bertz CT molecular complexity index is 632. The monoisotopic (exact) mass is 329 g/mol. The number of sulfone groups is 1. The molecule has 0 aliphatic rings. The quantitative estimate of drug-likeness (QED) is 0.858. The maximum absolute atomic E-state index is 12.3. The van der Waals surface area contributed by atoms with E-state index in [-0.39, 0.29) is 23.1 Å². The molecule has 1 aromatic rings. The normalized spacial score (nSPS) is 11.9. The molecule has 0 aliphatic carbocycles. The highest BCUT2D eigenvalue weighted by molar-refractivity contribution is 7.91. The Hall–Kier alpha value is -1.76. The zero-order valence-electron chi connectivity index (χ0n) is 13.6. The van der Waals surface area contributed by atoms with Gasteiger partial charge in [0, 0.05) is 18.0 Å². The van der Waals surface area contributed by atoms with E-state index in [2.05, 4.69) is 5.32 Å². The van der Waals surface area contributed by atoms with Gasteiger partial charge < -0.3 is 14.8 Å². The van der Waals surface area contributed by atoms with Crippen LogP contribution in [0.1, 0.15) is 20.8 Å². The highest BCUT2D eigenvalue weighted by atomic mass is 32.2. The molecule has 0 unspecified atom stereocenters. The molecule has 0 fully saturated rings. The molecule has 0 bridgehead atoms. The van der Waals surface area contributed by atoms with Crippen molar-refractivity contribution < 1.29 is 22.7 Å². The van der Waals surface area contributed by atoms with Gasteiger partial charge in [-0.05, 0) is 12.1 Å². The summed E-state index contributed by atoms with van der Waals surface area (Å²) in [7, 11) is -0.587. The third-order valence-corrected chi connectivity index (χ3v) is 4.77. The minimum absolute atomic E-state index is 0.0623. The molecule has 7 heteroatoms. The molecule has 0 spiro atoms. The van der Waals surface area contributed by atoms with Gasteiger partial charge in [0.05, 0.1) is 24.9 Å². The zero-order chi connectivity index (χ0) is 17.0. The minimum atomic E-state index is -3.51. The van der Waals surface area contributed by atoms with E-state index in [1.165, 1.54) is 26.4 Å². The largest absolute Gasteiger partial charge is 0.493 e. The standard InChI is InChI=1S/C15H23NO5S/c1-15(2,3)14(17)16-8-9-22(18,19)11-6-7-12(20-4)13(10-11)21-5/h6-7,10H,8-9H2,1-5H3,(H,16,17). The van der Waals surface area contributed by atoms with Gasteiger partial charge in [-0.2, -0.15) is 0 Å². The summed E-state index contributed by atoms with van der Waals surface area (Å²) in [4.78, 5) is 11.9. The zero-order valence-corrected chi connectivity index (χ0v) is 14.4. The molecule has 0 radical (unpaired) electrons. The summed E-state index contributed by atoms with van der Waals surface area (Å²) < 4.78 is 34.7. The van der Waals surface area contributed by atoms with Crippen molar-refractivity contribution in [1.29, 1.82) is 0 Å². The lowest BCUT2D eigenvalue weighted by atomic mass is 9.96. The molecule has 0 saturated heterocycles. The number of methoxy groups -OCH3 is 2. The smallest absolute Gasteiger partial charge is 0.225 e. The summed E-state index contributed by atoms with van der Waals surface area (Å²) in [5.74, 6) is 0.449. The van der Waals surface area contributed by atoms with Crippen LogP contribution in [0.2, 0.25) is 0 Å². The van der Waals surface area contributed by atoms with Crippen LogP contribution in [0.15, 0.2) is 23.1 Å². The minimum Gasteiger partial charge on any atom is -0.493 e. The summed E-state index contributed by atoms with van der Waals surface area (Å²) in [6.45, 7) is 5.37. The highest BCUT2D eigenvalue weighted by Gasteiger charge is 2.22. The summed E-state index contributed by atoms with van der Waals surface area (Å²) in [5.41, 5.74) is -0.549. The Morgan fingerprint density at radius 3 is 2.23 bits per heavy atom. The Morgan fingerprint density at radius 1 is 1.14 bits per heavy atom. The molecule has 1 aromatic carbocycles. The molecule has 124 valence electrons. The van der Waals surface area contributed by atoms with Gasteiger partial charge in [0.2, 0.25) is 5.91 Å². The van der Waals surface area contributed by atoms with Crippen LogP contribution in [0, 0.1) is 5.41 Å². The first-order valence-electron chi connectivity index (χ1n) is 6.85. The predicted molar refractivity (Wildman–Crippen MR) is 84.1 cm³/mol. The molecule has 1 amide bonds. The fraction of sp³-hybridized carbons (Fsp3) is 0.533. The summed E-state index contributed by atoms with van der Waals surface area (Å²) in [5, 5.41) is 2.63. The van der Waals surface area contributed by atoms with Crippen molar-refractivity contribution in [3.8, 4) is 11.5 Å². The third-order valence-electron chi connectivity index (χ3n) is 3.05. The van der Waals surface area contributed by atoms with Gasteiger partial charge in [-0.15, -0.1) is 0 Å². The SMILES string of the molecule is COc1ccc(S(=O)(=O)CCNC(=O)C(C)(C)C)cc1OC. The molecular formula is C15H23NO5S. The lowest BCUT2D eigenvalue weighted by Crippen LogP contribution is -2.37. The molecule has 0 atom stereocenters. The van der Waals surface area contributed by atoms with Gasteiger partial charge >= 0.3 is 0 Å². The van der Waals surface area contributed by atoms with Crippen molar-refractivity contribution in [1.82, 2.24) is 5.32 Å². The number of nitrogens with one attached hydrogen (secondary N) is 1. The molecule has 1 N–H and O–H groups in total. The second-order valence-electron chi connectivity index (χ2n) is 5.84. The number of benzene rings is 1. The van der Waals surface area contributed by atoms with E-state index in [1.54, 1.807) is 26.8 Å². The first-order chi connectivity index (χ1) is 10.1. The van der Waals surface area contributed by atoms with E-state index >= 15 is 0 Å². The van der Waals surface area contributed by atoms with Crippen LogP contribution < -0.4 is 14.8 Å². The number of rotatable bonds is 6. The number of hydrogen-bond acceptors (Lipinski definition) is 5. The van der Waals surface area contributed by atoms with Gasteiger partial charge in [0.1, 0.15) is 0 Å². The first-order valence-corrected chi connectivity index (χ1v) is 8.50. The van der Waals surface area contributed by atoms with Gasteiger partial charge in [-0.1, -0.05) is 20.8 Å². The van der Waals surface area contributed by atoms with Crippen LogP contribution in [0.25, 0.3) is 0 Å². The van der Waals surface area contributed by atoms with Crippen molar-refractivity contribution in [3.63, 3.8) is 0 Å². The molecule has 22 heavy (non-hydrogen) atoms. The van der Waals surface area contributed by atoms with Crippen LogP contribution in [0.5, 0.6) is 11.5 Å². The Balaban J connectivity index is 2.81. The lowest BCUT2D eigenvalue weighted by molar-refractivity contribution is -0.128. The van der Waals surface area contributed by atoms with Crippen molar-refractivity contribution in [2.45, 2.75) is 25.7 Å². The van der Waals surface area contributed by atoms with Crippen molar-refractivity contribution in [2.75, 3.05) is 26.5 Å². The van der Waals surface area contributed by atoms with Crippen molar-refractivity contribution in [3.05, 3.63) is 18.2 Å². The maximum Gasteiger partial charge on any atom is 0.225 e. The van der Waals surface area contributed by atoms with E-state index in [9.17, 15) is 13.2 Å². The summed E-state index contributed by atoms with van der Waals surface area (Å²) >= 11 is 0. The van der Waals surface area contributed by atoms with Crippen LogP contribution in [-0.4, -0.2) is 40.8 Å². The number of ether oxygens (including phenoxy) is 2. The van der Waals surface area contributed by atoms with E-state index in [1.807, 2.05) is 0 Å². The average molecular weight is 329 g/mol. The lowest BCUT2D eigenvalue weighted by Gasteiger charge is -2.17. The fourth-order valence-corrected chi connectivity index (χ4v) is 2.86. The second-order valence-corrected chi connectivity index (χ2v) is 7.95. The van der Waals surface area contributed by atoms with Crippen LogP contribution in [0.4, 0.5) is 0 Å². The van der Waals surface area contributed by atoms with Gasteiger partial charge in [-0.3, -0.25) is 4.79 Å². The van der Waals surface area contributed by atoms with Crippen molar-refractivity contribution >= 4 is 15.7 Å². The Labute approximate surface area is 131 Å². The molecule has 0 aliphatic heterocycles. The van der Waals surface area contributed by atoms with Crippen LogP contribution in [0.3, 0.4) is 0 Å². The Morgan fingerprint density at radius 2 is 1.73 bits per heavy atom. The second kappa shape index (κ2) is 7.00. The molecule has 0 heterocycles. The topological polar surface area (TPSA) is 81.7 Å². The van der Waals surface area contributed by atoms with Gasteiger partial charge in [0.15, 0.2) is 21.3 Å². The summed E-state index contributed by atoms with van der Waals surface area (Å²) in [6, 6.07) is 4.42. The van der Waals surface area contributed by atoms with Crippen LogP contribution in [-0.2, 0) is 14.6 Å². The predicted octanol–water partition coefficient (Wildman–Crippen LogP) is 1.64. The molecule has 0 saturated carbocycles. The van der Waals surface area contributed by atoms with E-state index in [0.29, 0.717) is 11.5 Å². The van der Waals surface area contributed by atoms with Crippen molar-refractivity contribution in [2.24, 2.45) is 5.41 Å². The van der Waals surface area contributed by atoms with Gasteiger partial charge in [-0.25, -0.2) is 8.42 Å². The fourth-order valence-electron chi connectivity index (χ4n) is 1.69. The molecule has 1 rings (SSSR count). The highest BCUT2D eigenvalue weighted by Crippen LogP contribution is 2.29. The van der Waals surface area contributed by atoms with Gasteiger partial charge in [0.25, 0.3) is 0 Å². The molecular weight excluding hydrogens is 306 g/mol. The van der Waals surface area contributed by atoms with Crippen LogP contribution >= 0.6 is 0 Å². The number of carbonyl (C=O) groups is 1. The van der Waals surface area contributed by atoms with E-state index in [0.717, 1.165) is 0 Å². The summed E-state index contributed by atoms with van der Waals surface area (Å²) in [6.07, 6.45) is 0. The number of amides is 1. The number of carbonyl (C=O) groups excluding carboxylic acids is 1. The maximum atomic E-state index is 12.3. The molecule has 6 nitrogen and oxygen atoms in total. The first kappa shape index (κ1) is 18.3. The van der Waals surface area contributed by atoms with E-state index < -0.39 is 15.3 Å².